The van der Waals surface area contributed by atoms with Crippen molar-refractivity contribution in [3.63, 3.8) is 0 Å². The van der Waals surface area contributed by atoms with Crippen molar-refractivity contribution in [2.24, 2.45) is 0 Å². The summed E-state index contributed by atoms with van der Waals surface area (Å²) in [5.41, 5.74) is 7.12. The van der Waals surface area contributed by atoms with E-state index >= 15 is 0 Å². The third-order valence-electron chi connectivity index (χ3n) is 4.07. The predicted octanol–water partition coefficient (Wildman–Crippen LogP) is 5.48. The van der Waals surface area contributed by atoms with Gasteiger partial charge in [0.1, 0.15) is 0 Å². The van der Waals surface area contributed by atoms with Gasteiger partial charge in [0.05, 0.1) is 0 Å². The molecule has 0 N–H and O–H groups in total. The van der Waals surface area contributed by atoms with E-state index in [1.165, 1.54) is 22.3 Å². The Morgan fingerprint density at radius 2 is 0.750 bits per heavy atom. The van der Waals surface area contributed by atoms with Crippen LogP contribution in [-0.4, -0.2) is 9.97 Å². The van der Waals surface area contributed by atoms with Crippen molar-refractivity contribution in [2.75, 3.05) is 0 Å². The highest BCUT2D eigenvalue weighted by Gasteiger charge is 2.07. The van der Waals surface area contributed by atoms with Crippen LogP contribution in [0.4, 0.5) is 0 Å². The fourth-order valence-corrected chi connectivity index (χ4v) is 2.85. The van der Waals surface area contributed by atoms with Crippen molar-refractivity contribution >= 4 is 0 Å². The molecule has 0 saturated heterocycles. The fraction of sp³-hybridized carbons (Fsp3) is 0. The van der Waals surface area contributed by atoms with Gasteiger partial charge in [0.2, 0.25) is 0 Å². The van der Waals surface area contributed by atoms with Crippen LogP contribution in [0.1, 0.15) is 0 Å². The lowest BCUT2D eigenvalue weighted by atomic mass is 9.94. The Morgan fingerprint density at radius 1 is 0.375 bits per heavy atom. The van der Waals surface area contributed by atoms with Gasteiger partial charge in [-0.2, -0.15) is 0 Å². The molecular weight excluding hydrogens is 292 g/mol. The van der Waals surface area contributed by atoms with E-state index < -0.39 is 0 Å². The molecule has 0 amide bonds. The SMILES string of the molecule is c1ccc(-c2cc(-c3ccncc3)cc(-c3ccncc3)c2)cc1. The van der Waals surface area contributed by atoms with Crippen molar-refractivity contribution in [3.8, 4) is 33.4 Å². The lowest BCUT2D eigenvalue weighted by Crippen LogP contribution is -1.86. The number of pyridine rings is 2. The second-order valence-corrected chi connectivity index (χ2v) is 5.64. The Kier molecular flexibility index (Phi) is 3.86. The van der Waals surface area contributed by atoms with Crippen molar-refractivity contribution in [1.29, 1.82) is 0 Å². The first-order chi connectivity index (χ1) is 11.9. The van der Waals surface area contributed by atoms with Crippen LogP contribution in [0, 0.1) is 0 Å². The third-order valence-corrected chi connectivity index (χ3v) is 4.07. The number of rotatable bonds is 3. The molecule has 2 aromatic carbocycles. The first-order valence-electron chi connectivity index (χ1n) is 7.91. The normalized spacial score (nSPS) is 10.5. The van der Waals surface area contributed by atoms with Gasteiger partial charge in [-0.25, -0.2) is 0 Å². The number of benzene rings is 2. The van der Waals surface area contributed by atoms with Crippen LogP contribution in [0.25, 0.3) is 33.4 Å². The Hall–Kier alpha value is -3.26. The van der Waals surface area contributed by atoms with Gasteiger partial charge in [0.15, 0.2) is 0 Å². The molecule has 24 heavy (non-hydrogen) atoms. The maximum Gasteiger partial charge on any atom is 0.0273 e. The minimum Gasteiger partial charge on any atom is -0.265 e. The average Bonchev–Trinajstić information content (AvgIpc) is 2.70. The summed E-state index contributed by atoms with van der Waals surface area (Å²) >= 11 is 0. The first-order valence-corrected chi connectivity index (χ1v) is 7.91. The summed E-state index contributed by atoms with van der Waals surface area (Å²) in [4.78, 5) is 8.25. The molecule has 0 atom stereocenters. The lowest BCUT2D eigenvalue weighted by molar-refractivity contribution is 1.33. The molecule has 4 aromatic rings. The van der Waals surface area contributed by atoms with Gasteiger partial charge in [0.25, 0.3) is 0 Å². The topological polar surface area (TPSA) is 25.8 Å². The molecule has 114 valence electrons. The molecule has 0 unspecified atom stereocenters. The van der Waals surface area contributed by atoms with E-state index in [1.807, 2.05) is 55.1 Å². The van der Waals surface area contributed by atoms with Crippen LogP contribution in [0.2, 0.25) is 0 Å². The number of hydrogen-bond acceptors (Lipinski definition) is 2. The van der Waals surface area contributed by atoms with Crippen LogP contribution in [-0.2, 0) is 0 Å². The minimum atomic E-state index is 1.16. The van der Waals surface area contributed by atoms with Gasteiger partial charge in [-0.05, 0) is 75.8 Å². The minimum absolute atomic E-state index is 1.16. The molecule has 0 bridgehead atoms. The van der Waals surface area contributed by atoms with Gasteiger partial charge < -0.3 is 0 Å². The maximum atomic E-state index is 4.12. The van der Waals surface area contributed by atoms with E-state index in [1.54, 1.807) is 0 Å². The molecule has 4 rings (SSSR count). The predicted molar refractivity (Wildman–Crippen MR) is 98.3 cm³/mol. The summed E-state index contributed by atoms with van der Waals surface area (Å²) in [7, 11) is 0. The van der Waals surface area contributed by atoms with E-state index in [-0.39, 0.29) is 0 Å². The summed E-state index contributed by atoms with van der Waals surface area (Å²) in [6.07, 6.45) is 7.32. The van der Waals surface area contributed by atoms with E-state index in [9.17, 15) is 0 Å². The third kappa shape index (κ3) is 2.95. The van der Waals surface area contributed by atoms with E-state index in [0.717, 1.165) is 11.1 Å². The van der Waals surface area contributed by atoms with E-state index in [0.29, 0.717) is 0 Å². The van der Waals surface area contributed by atoms with Crippen LogP contribution < -0.4 is 0 Å². The first kappa shape index (κ1) is 14.3. The van der Waals surface area contributed by atoms with Gasteiger partial charge in [0, 0.05) is 24.8 Å². The van der Waals surface area contributed by atoms with Crippen LogP contribution in [0.15, 0.2) is 97.6 Å². The molecular formula is C22H16N2. The van der Waals surface area contributed by atoms with Gasteiger partial charge in [-0.1, -0.05) is 30.3 Å². The highest BCUT2D eigenvalue weighted by molar-refractivity contribution is 5.80. The molecule has 0 fully saturated rings. The Bertz CT molecular complexity index is 794. The summed E-state index contributed by atoms with van der Waals surface area (Å²) in [5, 5.41) is 0. The molecule has 0 spiro atoms. The van der Waals surface area contributed by atoms with Crippen LogP contribution in [0.5, 0.6) is 0 Å². The molecule has 2 heterocycles. The van der Waals surface area contributed by atoms with Crippen molar-refractivity contribution in [3.05, 3.63) is 97.6 Å². The molecule has 2 aromatic heterocycles. The lowest BCUT2D eigenvalue weighted by Gasteiger charge is -2.11. The summed E-state index contributed by atoms with van der Waals surface area (Å²) in [5.74, 6) is 0. The molecule has 2 heteroatoms. The Balaban J connectivity index is 1.92. The molecule has 0 saturated carbocycles. The maximum absolute atomic E-state index is 4.12. The van der Waals surface area contributed by atoms with Gasteiger partial charge >= 0.3 is 0 Å². The van der Waals surface area contributed by atoms with Gasteiger partial charge in [-0.3, -0.25) is 9.97 Å². The van der Waals surface area contributed by atoms with Crippen LogP contribution in [0.3, 0.4) is 0 Å². The average molecular weight is 308 g/mol. The molecule has 0 radical (unpaired) electrons. The smallest absolute Gasteiger partial charge is 0.0273 e. The summed E-state index contributed by atoms with van der Waals surface area (Å²) in [6.45, 7) is 0. The zero-order valence-corrected chi connectivity index (χ0v) is 13.1. The zero-order chi connectivity index (χ0) is 16.2. The number of nitrogens with zero attached hydrogens (tertiary/aromatic N) is 2. The fourth-order valence-electron chi connectivity index (χ4n) is 2.85. The highest BCUT2D eigenvalue weighted by atomic mass is 14.6. The van der Waals surface area contributed by atoms with E-state index in [2.05, 4.69) is 52.4 Å². The number of hydrogen-bond donors (Lipinski definition) is 0. The van der Waals surface area contributed by atoms with Crippen molar-refractivity contribution in [1.82, 2.24) is 9.97 Å². The zero-order valence-electron chi connectivity index (χ0n) is 13.1. The molecule has 0 aliphatic rings. The highest BCUT2D eigenvalue weighted by Crippen LogP contribution is 2.32. The summed E-state index contributed by atoms with van der Waals surface area (Å²) in [6, 6.07) is 25.3. The van der Waals surface area contributed by atoms with Gasteiger partial charge in [-0.15, -0.1) is 0 Å². The number of aromatic nitrogens is 2. The Labute approximate surface area is 141 Å². The Morgan fingerprint density at radius 3 is 1.17 bits per heavy atom. The van der Waals surface area contributed by atoms with Crippen molar-refractivity contribution in [2.45, 2.75) is 0 Å². The second-order valence-electron chi connectivity index (χ2n) is 5.64. The van der Waals surface area contributed by atoms with E-state index in [4.69, 9.17) is 0 Å². The quantitative estimate of drug-likeness (QED) is 0.501. The standard InChI is InChI=1S/C22H16N2/c1-2-4-17(5-3-1)20-14-21(18-6-10-23-11-7-18)16-22(15-20)19-8-12-24-13-9-19/h1-16H. The molecule has 0 aliphatic heterocycles. The molecule has 0 aliphatic carbocycles. The largest absolute Gasteiger partial charge is 0.265 e. The summed E-state index contributed by atoms with van der Waals surface area (Å²) < 4.78 is 0. The monoisotopic (exact) mass is 308 g/mol. The van der Waals surface area contributed by atoms with Crippen LogP contribution >= 0.6 is 0 Å². The second kappa shape index (κ2) is 6.47. The molecule has 2 nitrogen and oxygen atoms in total. The van der Waals surface area contributed by atoms with Crippen molar-refractivity contribution < 1.29 is 0 Å².